The number of carbonyl (C=O) groups is 4. The predicted octanol–water partition coefficient (Wildman–Crippen LogP) is 5.04. The summed E-state index contributed by atoms with van der Waals surface area (Å²) >= 11 is 0. The van der Waals surface area contributed by atoms with E-state index in [0.29, 0.717) is 24.2 Å². The number of benzene rings is 3. The minimum absolute atomic E-state index is 0.146. The number of nitrogens with one attached hydrogen (secondary N) is 3. The molecule has 0 saturated carbocycles. The largest absolute Gasteiger partial charge is 0.469 e. The van der Waals surface area contributed by atoms with Crippen LogP contribution in [-0.2, 0) is 39.1 Å². The zero-order valence-corrected chi connectivity index (χ0v) is 25.2. The maximum atomic E-state index is 13.6. The average Bonchev–Trinajstić information content (AvgIpc) is 3.37. The van der Waals surface area contributed by atoms with E-state index in [2.05, 4.69) is 16.0 Å². The molecule has 10 nitrogen and oxygen atoms in total. The maximum Gasteiger partial charge on any atom is 0.407 e. The van der Waals surface area contributed by atoms with Gasteiger partial charge >= 0.3 is 12.1 Å². The Kier molecular flexibility index (Phi) is 11.1. The number of hydrogen-bond donors (Lipinski definition) is 3. The van der Waals surface area contributed by atoms with E-state index in [0.717, 1.165) is 27.6 Å². The number of carbonyl (C=O) groups excluding carboxylic acids is 4. The molecule has 44 heavy (non-hydrogen) atoms. The molecule has 0 aliphatic carbocycles. The van der Waals surface area contributed by atoms with Gasteiger partial charge in [0.2, 0.25) is 5.91 Å². The molecule has 0 unspecified atom stereocenters. The summed E-state index contributed by atoms with van der Waals surface area (Å²) in [6, 6.07) is 23.4. The summed E-state index contributed by atoms with van der Waals surface area (Å²) in [5, 5.41) is 9.42. The van der Waals surface area contributed by atoms with Gasteiger partial charge in [0.15, 0.2) is 0 Å². The number of rotatable bonds is 13. The van der Waals surface area contributed by atoms with E-state index >= 15 is 0 Å². The average molecular weight is 599 g/mol. The van der Waals surface area contributed by atoms with Crippen molar-refractivity contribution in [2.75, 3.05) is 19.0 Å². The fourth-order valence-electron chi connectivity index (χ4n) is 4.81. The van der Waals surface area contributed by atoms with Crippen molar-refractivity contribution in [3.63, 3.8) is 0 Å². The van der Waals surface area contributed by atoms with Gasteiger partial charge in [-0.3, -0.25) is 14.4 Å². The summed E-state index contributed by atoms with van der Waals surface area (Å²) < 4.78 is 11.8. The molecule has 3 N–H and O–H groups in total. The summed E-state index contributed by atoms with van der Waals surface area (Å²) in [6.45, 7) is 2.38. The minimum Gasteiger partial charge on any atom is -0.469 e. The Morgan fingerprint density at radius 3 is 2.41 bits per heavy atom. The highest BCUT2D eigenvalue weighted by Crippen LogP contribution is 2.20. The Bertz CT molecular complexity index is 1610. The number of nitrogens with zero attached hydrogens (tertiary/aromatic N) is 1. The van der Waals surface area contributed by atoms with Crippen LogP contribution < -0.4 is 16.0 Å². The maximum absolute atomic E-state index is 13.6. The molecule has 230 valence electrons. The van der Waals surface area contributed by atoms with Crippen molar-refractivity contribution < 1.29 is 28.7 Å². The minimum atomic E-state index is -0.903. The standard InChI is InChI=1S/C34H38N4O6/c1-23-14-16-24(17-15-23)22-44-34(42)35-20-8-12-28(37-33(41)30-21-26-10-5-7-13-29(26)38(30)2)32(40)36-27-11-6-4-9-25(27)18-19-31(39)43-3/h4-7,9-11,13-17,21,28H,8,12,18-20,22H2,1-3H3,(H,35,42)(H,36,40)(H,37,41)/t28-/m0/s1. The third-order valence-electron chi connectivity index (χ3n) is 7.34. The number of amides is 3. The van der Waals surface area contributed by atoms with Gasteiger partial charge < -0.3 is 30.0 Å². The number of para-hydroxylation sites is 2. The first-order chi connectivity index (χ1) is 21.2. The van der Waals surface area contributed by atoms with E-state index in [-0.39, 0.29) is 32.0 Å². The molecule has 0 aliphatic rings. The number of aromatic nitrogens is 1. The second-order valence-electron chi connectivity index (χ2n) is 10.5. The van der Waals surface area contributed by atoms with Crippen LogP contribution in [0.3, 0.4) is 0 Å². The Morgan fingerprint density at radius 2 is 1.66 bits per heavy atom. The predicted molar refractivity (Wildman–Crippen MR) is 168 cm³/mol. The molecular weight excluding hydrogens is 560 g/mol. The van der Waals surface area contributed by atoms with E-state index < -0.39 is 23.9 Å². The Labute approximate surface area is 256 Å². The highest BCUT2D eigenvalue weighted by Gasteiger charge is 2.24. The summed E-state index contributed by atoms with van der Waals surface area (Å²) in [5.74, 6) is -1.16. The van der Waals surface area contributed by atoms with Crippen molar-refractivity contribution in [2.45, 2.75) is 45.3 Å². The SMILES string of the molecule is COC(=O)CCc1ccccc1NC(=O)[C@H](CCCNC(=O)OCc1ccc(C)cc1)NC(=O)c1cc2ccccc2n1C. The van der Waals surface area contributed by atoms with E-state index in [1.54, 1.807) is 29.8 Å². The van der Waals surface area contributed by atoms with Gasteiger partial charge in [-0.2, -0.15) is 0 Å². The molecular formula is C34H38N4O6. The van der Waals surface area contributed by atoms with Crippen molar-refractivity contribution in [2.24, 2.45) is 7.05 Å². The molecule has 3 amide bonds. The quantitative estimate of drug-likeness (QED) is 0.146. The Hall–Kier alpha value is -5.12. The number of esters is 1. The van der Waals surface area contributed by atoms with Crippen molar-refractivity contribution >= 4 is 40.5 Å². The number of anilines is 1. The first-order valence-corrected chi connectivity index (χ1v) is 14.5. The van der Waals surface area contributed by atoms with Crippen LogP contribution in [0, 0.1) is 6.92 Å². The van der Waals surface area contributed by atoms with Crippen LogP contribution in [0.4, 0.5) is 10.5 Å². The van der Waals surface area contributed by atoms with Crippen molar-refractivity contribution in [1.82, 2.24) is 15.2 Å². The lowest BCUT2D eigenvalue weighted by molar-refractivity contribution is -0.140. The van der Waals surface area contributed by atoms with Crippen LogP contribution >= 0.6 is 0 Å². The third kappa shape index (κ3) is 8.70. The van der Waals surface area contributed by atoms with E-state index in [4.69, 9.17) is 9.47 Å². The molecule has 0 radical (unpaired) electrons. The summed E-state index contributed by atoms with van der Waals surface area (Å²) in [5.41, 5.74) is 4.62. The summed E-state index contributed by atoms with van der Waals surface area (Å²) in [4.78, 5) is 50.9. The molecule has 4 rings (SSSR count). The van der Waals surface area contributed by atoms with Crippen molar-refractivity contribution in [1.29, 1.82) is 0 Å². The highest BCUT2D eigenvalue weighted by atomic mass is 16.5. The normalized spacial score (nSPS) is 11.4. The second-order valence-corrected chi connectivity index (χ2v) is 10.5. The molecule has 1 heterocycles. The third-order valence-corrected chi connectivity index (χ3v) is 7.34. The molecule has 10 heteroatoms. The van der Waals surface area contributed by atoms with Gasteiger partial charge in [0.1, 0.15) is 18.3 Å². The van der Waals surface area contributed by atoms with Crippen LogP contribution in [0.25, 0.3) is 10.9 Å². The second kappa shape index (κ2) is 15.4. The monoisotopic (exact) mass is 598 g/mol. The zero-order valence-electron chi connectivity index (χ0n) is 25.2. The van der Waals surface area contributed by atoms with Crippen LogP contribution in [-0.4, -0.2) is 48.1 Å². The van der Waals surface area contributed by atoms with Gasteiger partial charge in [-0.1, -0.05) is 66.2 Å². The number of methoxy groups -OCH3 is 1. The van der Waals surface area contributed by atoms with Gasteiger partial charge in [-0.25, -0.2) is 4.79 Å². The molecule has 1 atom stereocenters. The molecule has 0 saturated heterocycles. The van der Waals surface area contributed by atoms with Crippen LogP contribution in [0.15, 0.2) is 78.9 Å². The Morgan fingerprint density at radius 1 is 0.932 bits per heavy atom. The number of alkyl carbamates (subject to hydrolysis) is 1. The van der Waals surface area contributed by atoms with E-state index in [1.165, 1.54) is 7.11 Å². The van der Waals surface area contributed by atoms with Crippen molar-refractivity contribution in [3.8, 4) is 0 Å². The lowest BCUT2D eigenvalue weighted by Crippen LogP contribution is -2.44. The van der Waals surface area contributed by atoms with Gasteiger partial charge in [-0.05, 0) is 55.5 Å². The van der Waals surface area contributed by atoms with Crippen LogP contribution in [0.1, 0.15) is 46.4 Å². The smallest absolute Gasteiger partial charge is 0.407 e. The first kappa shape index (κ1) is 31.8. The van der Waals surface area contributed by atoms with Gasteiger partial charge in [0.25, 0.3) is 5.91 Å². The topological polar surface area (TPSA) is 128 Å². The number of ether oxygens (including phenoxy) is 2. The Balaban J connectivity index is 1.41. The molecule has 3 aromatic carbocycles. The fourth-order valence-corrected chi connectivity index (χ4v) is 4.81. The van der Waals surface area contributed by atoms with Gasteiger partial charge in [0.05, 0.1) is 7.11 Å². The fraction of sp³-hybridized carbons (Fsp3) is 0.294. The van der Waals surface area contributed by atoms with E-state index in [9.17, 15) is 19.2 Å². The molecule has 0 aliphatic heterocycles. The summed E-state index contributed by atoms with van der Waals surface area (Å²) in [6.07, 6.45) is 0.632. The zero-order chi connectivity index (χ0) is 31.5. The lowest BCUT2D eigenvalue weighted by atomic mass is 10.1. The molecule has 0 spiro atoms. The lowest BCUT2D eigenvalue weighted by Gasteiger charge is -2.20. The van der Waals surface area contributed by atoms with Crippen LogP contribution in [0.2, 0.25) is 0 Å². The summed E-state index contributed by atoms with van der Waals surface area (Å²) in [7, 11) is 3.13. The number of hydrogen-bond acceptors (Lipinski definition) is 6. The highest BCUT2D eigenvalue weighted by molar-refractivity contribution is 6.03. The van der Waals surface area contributed by atoms with Crippen molar-refractivity contribution in [3.05, 3.63) is 101 Å². The van der Waals surface area contributed by atoms with E-state index in [1.807, 2.05) is 67.6 Å². The molecule has 0 fully saturated rings. The first-order valence-electron chi connectivity index (χ1n) is 14.5. The molecule has 0 bridgehead atoms. The molecule has 4 aromatic rings. The molecule has 1 aromatic heterocycles. The number of aryl methyl sites for hydroxylation is 3. The van der Waals surface area contributed by atoms with Crippen LogP contribution in [0.5, 0.6) is 0 Å². The number of fused-ring (bicyclic) bond motifs is 1. The van der Waals surface area contributed by atoms with Gasteiger partial charge in [0, 0.05) is 36.6 Å². The van der Waals surface area contributed by atoms with Gasteiger partial charge in [-0.15, -0.1) is 0 Å².